The van der Waals surface area contributed by atoms with E-state index in [1.54, 1.807) is 6.07 Å². The molecule has 0 bridgehead atoms. The number of carbonyl (C=O) groups is 1. The lowest BCUT2D eigenvalue weighted by molar-refractivity contribution is 0.100. The summed E-state index contributed by atoms with van der Waals surface area (Å²) in [7, 11) is 0. The summed E-state index contributed by atoms with van der Waals surface area (Å²) in [5, 5.41) is 2.63. The Labute approximate surface area is 179 Å². The van der Waals surface area contributed by atoms with Gasteiger partial charge in [0.2, 0.25) is 5.91 Å². The molecule has 0 saturated carbocycles. The number of aromatic nitrogens is 1. The molecular weight excluding hydrogens is 392 g/mol. The Kier molecular flexibility index (Phi) is 4.53. The molecule has 4 aromatic carbocycles. The number of halogens is 1. The molecule has 0 spiro atoms. The molecule has 2 N–H and O–H groups in total. The molecule has 4 heteroatoms. The maximum absolute atomic E-state index is 12.1. The molecule has 146 valence electrons. The van der Waals surface area contributed by atoms with Gasteiger partial charge in [-0.2, -0.15) is 0 Å². The van der Waals surface area contributed by atoms with Crippen molar-refractivity contribution < 1.29 is 4.79 Å². The molecule has 1 aromatic heterocycles. The quantitative estimate of drug-likeness (QED) is 0.373. The van der Waals surface area contributed by atoms with Gasteiger partial charge < -0.3 is 10.3 Å². The van der Waals surface area contributed by atoms with Gasteiger partial charge in [0, 0.05) is 27.9 Å². The largest absolute Gasteiger partial charge is 0.366 e. The predicted molar refractivity (Wildman–Crippen MR) is 124 cm³/mol. The predicted octanol–water partition coefficient (Wildman–Crippen LogP) is 6.26. The number of benzene rings is 4. The highest BCUT2D eigenvalue weighted by molar-refractivity contribution is 6.30. The van der Waals surface area contributed by atoms with Gasteiger partial charge in [-0.05, 0) is 47.0 Å². The zero-order valence-electron chi connectivity index (χ0n) is 16.2. The van der Waals surface area contributed by atoms with Gasteiger partial charge in [-0.15, -0.1) is 0 Å². The minimum absolute atomic E-state index is 0.416. The number of nitrogens with two attached hydrogens (primary N) is 1. The van der Waals surface area contributed by atoms with E-state index in [4.69, 9.17) is 17.3 Å². The third-order valence-electron chi connectivity index (χ3n) is 5.52. The van der Waals surface area contributed by atoms with Gasteiger partial charge in [0.1, 0.15) is 0 Å². The van der Waals surface area contributed by atoms with Crippen LogP contribution < -0.4 is 5.73 Å². The van der Waals surface area contributed by atoms with Gasteiger partial charge in [-0.3, -0.25) is 4.79 Å². The molecule has 0 aliphatic carbocycles. The fourth-order valence-electron chi connectivity index (χ4n) is 4.11. The number of hydrogen-bond acceptors (Lipinski definition) is 1. The molecule has 0 atom stereocenters. The highest BCUT2D eigenvalue weighted by Crippen LogP contribution is 2.35. The number of primary amides is 1. The second-order valence-corrected chi connectivity index (χ2v) is 7.81. The van der Waals surface area contributed by atoms with Gasteiger partial charge in [0.25, 0.3) is 0 Å². The third-order valence-corrected chi connectivity index (χ3v) is 5.77. The van der Waals surface area contributed by atoms with E-state index < -0.39 is 5.91 Å². The summed E-state index contributed by atoms with van der Waals surface area (Å²) < 4.78 is 2.26. The molecule has 1 amide bonds. The van der Waals surface area contributed by atoms with E-state index in [0.717, 1.165) is 32.9 Å². The normalized spacial score (nSPS) is 11.2. The molecule has 0 saturated heterocycles. The Balaban J connectivity index is 1.80. The van der Waals surface area contributed by atoms with Crippen LogP contribution in [0.2, 0.25) is 5.02 Å². The van der Waals surface area contributed by atoms with Crippen LogP contribution in [0.4, 0.5) is 0 Å². The molecule has 5 aromatic rings. The van der Waals surface area contributed by atoms with Crippen molar-refractivity contribution in [2.75, 3.05) is 0 Å². The molecule has 0 radical (unpaired) electrons. The van der Waals surface area contributed by atoms with E-state index in [1.165, 1.54) is 5.56 Å². The van der Waals surface area contributed by atoms with Crippen LogP contribution >= 0.6 is 11.6 Å². The lowest BCUT2D eigenvalue weighted by Crippen LogP contribution is -2.11. The number of nitrogens with zero attached hydrogens (tertiary/aromatic N) is 1. The summed E-state index contributed by atoms with van der Waals surface area (Å²) in [5.74, 6) is -0.416. The van der Waals surface area contributed by atoms with E-state index in [1.807, 2.05) is 54.6 Å². The van der Waals surface area contributed by atoms with E-state index in [2.05, 4.69) is 34.9 Å². The first-order chi connectivity index (χ1) is 14.6. The first-order valence-corrected chi connectivity index (χ1v) is 10.1. The highest BCUT2D eigenvalue weighted by atomic mass is 35.5. The summed E-state index contributed by atoms with van der Waals surface area (Å²) in [6.45, 7) is 0.702. The zero-order valence-corrected chi connectivity index (χ0v) is 16.9. The number of carbonyl (C=O) groups excluding carboxylic acids is 1. The zero-order chi connectivity index (χ0) is 20.7. The Hall–Kier alpha value is -3.56. The second-order valence-electron chi connectivity index (χ2n) is 7.37. The number of hydrogen-bond donors (Lipinski definition) is 1. The van der Waals surface area contributed by atoms with Crippen LogP contribution in [0, 0.1) is 0 Å². The van der Waals surface area contributed by atoms with E-state index in [-0.39, 0.29) is 0 Å². The fourth-order valence-corrected chi connectivity index (χ4v) is 4.23. The fraction of sp³-hybridized carbons (Fsp3) is 0.0385. The van der Waals surface area contributed by atoms with E-state index >= 15 is 0 Å². The Morgan fingerprint density at radius 2 is 1.53 bits per heavy atom. The minimum atomic E-state index is -0.416. The Morgan fingerprint density at radius 1 is 0.800 bits per heavy atom. The number of rotatable bonds is 4. The number of fused-ring (bicyclic) bond motifs is 3. The standard InChI is InChI=1S/C26H19ClN2O/c27-20-12-9-18(10-13-20)19-11-14-21-24(15-19)29(16-17-5-2-1-3-6-17)23-8-4-7-22(25(21)23)26(28)30/h1-15H,16H2,(H2,28,30). The van der Waals surface area contributed by atoms with Gasteiger partial charge >= 0.3 is 0 Å². The van der Waals surface area contributed by atoms with Crippen molar-refractivity contribution in [2.45, 2.75) is 6.54 Å². The lowest BCUT2D eigenvalue weighted by Gasteiger charge is -2.09. The van der Waals surface area contributed by atoms with Crippen LogP contribution in [0.15, 0.2) is 91.0 Å². The molecule has 0 aliphatic rings. The SMILES string of the molecule is NC(=O)c1cccc2c1c1ccc(-c3ccc(Cl)cc3)cc1n2Cc1ccccc1. The Morgan fingerprint density at radius 3 is 2.27 bits per heavy atom. The van der Waals surface area contributed by atoms with Gasteiger partial charge in [0.15, 0.2) is 0 Å². The molecule has 0 unspecified atom stereocenters. The number of amides is 1. The van der Waals surface area contributed by atoms with Crippen LogP contribution in [0.5, 0.6) is 0 Å². The smallest absolute Gasteiger partial charge is 0.249 e. The molecule has 1 heterocycles. The van der Waals surface area contributed by atoms with Crippen molar-refractivity contribution in [3.8, 4) is 11.1 Å². The average molecular weight is 411 g/mol. The van der Waals surface area contributed by atoms with Crippen molar-refractivity contribution in [2.24, 2.45) is 5.73 Å². The topological polar surface area (TPSA) is 48.0 Å². The summed E-state index contributed by atoms with van der Waals surface area (Å²) >= 11 is 6.06. The van der Waals surface area contributed by atoms with Gasteiger partial charge in [-0.25, -0.2) is 0 Å². The van der Waals surface area contributed by atoms with E-state index in [9.17, 15) is 4.79 Å². The third kappa shape index (κ3) is 3.14. The maximum Gasteiger partial charge on any atom is 0.249 e. The minimum Gasteiger partial charge on any atom is -0.366 e. The molecular formula is C26H19ClN2O. The first kappa shape index (κ1) is 18.5. The average Bonchev–Trinajstić information content (AvgIpc) is 3.08. The van der Waals surface area contributed by atoms with Crippen molar-refractivity contribution in [3.63, 3.8) is 0 Å². The summed E-state index contributed by atoms with van der Waals surface area (Å²) in [4.78, 5) is 12.1. The molecule has 3 nitrogen and oxygen atoms in total. The summed E-state index contributed by atoms with van der Waals surface area (Å²) in [5.41, 5.74) is 11.7. The molecule has 0 aliphatic heterocycles. The van der Waals surface area contributed by atoms with Gasteiger partial charge in [-0.1, -0.05) is 72.3 Å². The van der Waals surface area contributed by atoms with Crippen molar-refractivity contribution in [1.82, 2.24) is 4.57 Å². The second kappa shape index (κ2) is 7.36. The van der Waals surface area contributed by atoms with Gasteiger partial charge in [0.05, 0.1) is 11.0 Å². The molecule has 5 rings (SSSR count). The molecule has 30 heavy (non-hydrogen) atoms. The van der Waals surface area contributed by atoms with Crippen molar-refractivity contribution in [1.29, 1.82) is 0 Å². The maximum atomic E-state index is 12.1. The van der Waals surface area contributed by atoms with Crippen molar-refractivity contribution in [3.05, 3.63) is 107 Å². The van der Waals surface area contributed by atoms with Crippen LogP contribution in [-0.4, -0.2) is 10.5 Å². The van der Waals surface area contributed by atoms with Crippen LogP contribution in [0.1, 0.15) is 15.9 Å². The van der Waals surface area contributed by atoms with Crippen LogP contribution in [0.25, 0.3) is 32.9 Å². The van der Waals surface area contributed by atoms with Crippen LogP contribution in [0.3, 0.4) is 0 Å². The van der Waals surface area contributed by atoms with Crippen LogP contribution in [-0.2, 0) is 6.54 Å². The highest BCUT2D eigenvalue weighted by Gasteiger charge is 2.17. The Bertz CT molecular complexity index is 1390. The summed E-state index contributed by atoms with van der Waals surface area (Å²) in [6, 6.07) is 30.2. The molecule has 0 fully saturated rings. The first-order valence-electron chi connectivity index (χ1n) is 9.76. The summed E-state index contributed by atoms with van der Waals surface area (Å²) in [6.07, 6.45) is 0. The van der Waals surface area contributed by atoms with E-state index in [0.29, 0.717) is 17.1 Å². The van der Waals surface area contributed by atoms with Crippen molar-refractivity contribution >= 4 is 39.3 Å². The lowest BCUT2D eigenvalue weighted by atomic mass is 10.0. The monoisotopic (exact) mass is 410 g/mol.